The Labute approximate surface area is 186 Å². The second kappa shape index (κ2) is 12.6. The van der Waals surface area contributed by atoms with Crippen molar-refractivity contribution in [2.75, 3.05) is 13.2 Å². The van der Waals surface area contributed by atoms with E-state index in [0.717, 1.165) is 48.3 Å². The molecule has 0 aliphatic rings. The zero-order chi connectivity index (χ0) is 22.6. The summed E-state index contributed by atoms with van der Waals surface area (Å²) in [6.07, 6.45) is 7.43. The molecule has 0 heterocycles. The second-order valence-electron chi connectivity index (χ2n) is 7.55. The predicted octanol–water partition coefficient (Wildman–Crippen LogP) is 7.16. The van der Waals surface area contributed by atoms with Crippen LogP contribution in [-0.2, 0) is 0 Å². The van der Waals surface area contributed by atoms with Gasteiger partial charge in [0.15, 0.2) is 5.78 Å². The SMILES string of the molecule is C=C(C)Oc1ccc(C(=O)/C=C/c2c(OCCCC)ccc(C)c2OCCCC)cc1. The minimum Gasteiger partial charge on any atom is -0.493 e. The van der Waals surface area contributed by atoms with E-state index in [1.54, 1.807) is 43.3 Å². The number of carbonyl (C=O) groups excluding carboxylic acids is 1. The molecule has 0 aliphatic carbocycles. The van der Waals surface area contributed by atoms with Crippen molar-refractivity contribution in [3.63, 3.8) is 0 Å². The van der Waals surface area contributed by atoms with E-state index in [2.05, 4.69) is 20.4 Å². The zero-order valence-corrected chi connectivity index (χ0v) is 19.2. The highest BCUT2D eigenvalue weighted by molar-refractivity contribution is 6.07. The van der Waals surface area contributed by atoms with Gasteiger partial charge in [-0.15, -0.1) is 0 Å². The van der Waals surface area contributed by atoms with Crippen LogP contribution in [0.5, 0.6) is 17.2 Å². The van der Waals surface area contributed by atoms with E-state index in [-0.39, 0.29) is 5.78 Å². The lowest BCUT2D eigenvalue weighted by Gasteiger charge is -2.16. The first-order valence-electron chi connectivity index (χ1n) is 11.0. The minimum atomic E-state index is -0.0950. The molecule has 166 valence electrons. The van der Waals surface area contributed by atoms with Crippen LogP contribution in [0.3, 0.4) is 0 Å². The molecule has 0 aromatic heterocycles. The van der Waals surface area contributed by atoms with Gasteiger partial charge >= 0.3 is 0 Å². The van der Waals surface area contributed by atoms with Gasteiger partial charge in [-0.2, -0.15) is 0 Å². The smallest absolute Gasteiger partial charge is 0.185 e. The van der Waals surface area contributed by atoms with Crippen molar-refractivity contribution in [2.24, 2.45) is 0 Å². The number of ketones is 1. The van der Waals surface area contributed by atoms with Crippen LogP contribution in [0.15, 0.2) is 54.8 Å². The molecule has 0 saturated carbocycles. The molecule has 2 aromatic carbocycles. The summed E-state index contributed by atoms with van der Waals surface area (Å²) in [5.41, 5.74) is 2.41. The lowest BCUT2D eigenvalue weighted by molar-refractivity contribution is 0.104. The molecule has 4 nitrogen and oxygen atoms in total. The van der Waals surface area contributed by atoms with Gasteiger partial charge < -0.3 is 14.2 Å². The summed E-state index contributed by atoms with van der Waals surface area (Å²) in [6.45, 7) is 13.0. The monoisotopic (exact) mass is 422 g/mol. The van der Waals surface area contributed by atoms with E-state index in [9.17, 15) is 4.79 Å². The number of ether oxygens (including phenoxy) is 3. The van der Waals surface area contributed by atoms with Crippen molar-refractivity contribution in [1.29, 1.82) is 0 Å². The van der Waals surface area contributed by atoms with Crippen molar-refractivity contribution in [3.8, 4) is 17.2 Å². The molecule has 0 spiro atoms. The van der Waals surface area contributed by atoms with E-state index < -0.39 is 0 Å². The molecule has 31 heavy (non-hydrogen) atoms. The third kappa shape index (κ3) is 7.63. The zero-order valence-electron chi connectivity index (χ0n) is 19.2. The Bertz CT molecular complexity index is 894. The highest BCUT2D eigenvalue weighted by Gasteiger charge is 2.13. The maximum absolute atomic E-state index is 12.8. The van der Waals surface area contributed by atoms with Gasteiger partial charge in [-0.05, 0) is 74.7 Å². The van der Waals surface area contributed by atoms with Crippen molar-refractivity contribution in [3.05, 3.63) is 71.5 Å². The summed E-state index contributed by atoms with van der Waals surface area (Å²) in [7, 11) is 0. The summed E-state index contributed by atoms with van der Waals surface area (Å²) in [6, 6.07) is 11.0. The topological polar surface area (TPSA) is 44.8 Å². The summed E-state index contributed by atoms with van der Waals surface area (Å²) >= 11 is 0. The highest BCUT2D eigenvalue weighted by Crippen LogP contribution is 2.34. The van der Waals surface area contributed by atoms with E-state index in [1.807, 2.05) is 19.1 Å². The Kier molecular flexibility index (Phi) is 9.89. The van der Waals surface area contributed by atoms with Crippen LogP contribution in [0.4, 0.5) is 0 Å². The molecule has 0 bridgehead atoms. The van der Waals surface area contributed by atoms with Gasteiger partial charge in [0.1, 0.15) is 17.2 Å². The Morgan fingerprint density at radius 1 is 0.968 bits per heavy atom. The third-order valence-corrected chi connectivity index (χ3v) is 4.68. The van der Waals surface area contributed by atoms with Gasteiger partial charge in [-0.3, -0.25) is 4.79 Å². The van der Waals surface area contributed by atoms with Crippen LogP contribution in [0.2, 0.25) is 0 Å². The lowest BCUT2D eigenvalue weighted by atomic mass is 10.1. The van der Waals surface area contributed by atoms with E-state index in [0.29, 0.717) is 30.3 Å². The second-order valence-corrected chi connectivity index (χ2v) is 7.55. The molecule has 0 aliphatic heterocycles. The summed E-state index contributed by atoms with van der Waals surface area (Å²) in [5, 5.41) is 0. The van der Waals surface area contributed by atoms with Crippen molar-refractivity contribution < 1.29 is 19.0 Å². The minimum absolute atomic E-state index is 0.0950. The Morgan fingerprint density at radius 2 is 1.61 bits per heavy atom. The van der Waals surface area contributed by atoms with Crippen LogP contribution in [0.1, 0.15) is 67.9 Å². The number of hydrogen-bond acceptors (Lipinski definition) is 4. The van der Waals surface area contributed by atoms with Gasteiger partial charge in [0, 0.05) is 5.56 Å². The summed E-state index contributed by atoms with van der Waals surface area (Å²) in [5.74, 6) is 2.67. The maximum atomic E-state index is 12.8. The predicted molar refractivity (Wildman–Crippen MR) is 127 cm³/mol. The fraction of sp³-hybridized carbons (Fsp3) is 0.370. The maximum Gasteiger partial charge on any atom is 0.185 e. The highest BCUT2D eigenvalue weighted by atomic mass is 16.5. The number of carbonyl (C=O) groups is 1. The normalized spacial score (nSPS) is 10.8. The molecule has 0 N–H and O–H groups in total. The molecule has 0 saturated heterocycles. The Hall–Kier alpha value is -3.01. The van der Waals surface area contributed by atoms with Gasteiger partial charge in [-0.25, -0.2) is 0 Å². The third-order valence-electron chi connectivity index (χ3n) is 4.68. The van der Waals surface area contributed by atoms with E-state index >= 15 is 0 Å². The van der Waals surface area contributed by atoms with Crippen molar-refractivity contribution in [2.45, 2.75) is 53.4 Å². The lowest BCUT2D eigenvalue weighted by Crippen LogP contribution is -2.04. The molecule has 0 atom stereocenters. The standard InChI is InChI=1S/C27H34O4/c1-6-8-18-29-26-17-10-21(5)27(30-19-9-7-2)24(26)15-16-25(28)22-11-13-23(14-12-22)31-20(3)4/h10-17H,3,6-9,18-19H2,1-2,4-5H3/b16-15+. The molecular weight excluding hydrogens is 388 g/mol. The van der Waals surface area contributed by atoms with Gasteiger partial charge in [0.2, 0.25) is 0 Å². The van der Waals surface area contributed by atoms with Crippen LogP contribution in [0, 0.1) is 6.92 Å². The van der Waals surface area contributed by atoms with Crippen LogP contribution >= 0.6 is 0 Å². The molecule has 0 radical (unpaired) electrons. The first-order valence-corrected chi connectivity index (χ1v) is 11.0. The van der Waals surface area contributed by atoms with Gasteiger partial charge in [0.05, 0.1) is 24.5 Å². The Balaban J connectivity index is 2.28. The molecule has 0 amide bonds. The number of rotatable bonds is 13. The number of hydrogen-bond donors (Lipinski definition) is 0. The first kappa shape index (κ1) is 24.3. The van der Waals surface area contributed by atoms with Gasteiger partial charge in [0.25, 0.3) is 0 Å². The van der Waals surface area contributed by atoms with Crippen LogP contribution < -0.4 is 14.2 Å². The fourth-order valence-electron chi connectivity index (χ4n) is 2.95. The summed E-state index contributed by atoms with van der Waals surface area (Å²) < 4.78 is 17.5. The molecule has 0 fully saturated rings. The summed E-state index contributed by atoms with van der Waals surface area (Å²) in [4.78, 5) is 12.8. The van der Waals surface area contributed by atoms with Crippen molar-refractivity contribution >= 4 is 11.9 Å². The largest absolute Gasteiger partial charge is 0.493 e. The number of allylic oxidation sites excluding steroid dienone is 2. The van der Waals surface area contributed by atoms with Crippen molar-refractivity contribution in [1.82, 2.24) is 0 Å². The number of benzene rings is 2. The molecule has 4 heteroatoms. The average Bonchev–Trinajstić information content (AvgIpc) is 2.75. The number of unbranched alkanes of at least 4 members (excludes halogenated alkanes) is 2. The molecular formula is C27H34O4. The molecule has 0 unspecified atom stereocenters. The fourth-order valence-corrected chi connectivity index (χ4v) is 2.95. The quantitative estimate of drug-likeness (QED) is 0.149. The van der Waals surface area contributed by atoms with Crippen LogP contribution in [-0.4, -0.2) is 19.0 Å². The van der Waals surface area contributed by atoms with Crippen LogP contribution in [0.25, 0.3) is 6.08 Å². The number of aryl methyl sites for hydroxylation is 1. The Morgan fingerprint density at radius 3 is 2.23 bits per heavy atom. The molecule has 2 aromatic rings. The average molecular weight is 423 g/mol. The first-order chi connectivity index (χ1) is 15.0. The van der Waals surface area contributed by atoms with E-state index in [4.69, 9.17) is 14.2 Å². The molecule has 2 rings (SSSR count). The van der Waals surface area contributed by atoms with Gasteiger partial charge in [-0.1, -0.05) is 39.3 Å². The van der Waals surface area contributed by atoms with E-state index in [1.165, 1.54) is 0 Å².